The van der Waals surface area contributed by atoms with E-state index in [1.54, 1.807) is 0 Å². The minimum atomic E-state index is -0.325. The third kappa shape index (κ3) is 29.7. The Bertz CT molecular complexity index is 1060. The van der Waals surface area contributed by atoms with Gasteiger partial charge in [0.25, 0.3) is 0 Å². The average Bonchev–Trinajstić information content (AvgIpc) is 3.21. The number of aliphatic hydroxyl groups excluding tert-OH is 1. The lowest BCUT2D eigenvalue weighted by molar-refractivity contribution is -0.146. The van der Waals surface area contributed by atoms with E-state index in [2.05, 4.69) is 49.2 Å². The summed E-state index contributed by atoms with van der Waals surface area (Å²) in [5.74, 6) is -1.05. The zero-order valence-corrected chi connectivity index (χ0v) is 36.4. The number of ether oxygens (including phenoxy) is 4. The van der Waals surface area contributed by atoms with Gasteiger partial charge in [0.1, 0.15) is 0 Å². The maximum Gasteiger partial charge on any atom is 0.307 e. The van der Waals surface area contributed by atoms with Crippen molar-refractivity contribution < 1.29 is 43.2 Å². The van der Waals surface area contributed by atoms with Gasteiger partial charge in [-0.3, -0.25) is 19.2 Å². The van der Waals surface area contributed by atoms with Crippen molar-refractivity contribution in [2.75, 3.05) is 158 Å². The first-order valence-electron chi connectivity index (χ1n) is 22.4. The SMILES string of the molecule is CN1CCN(CCCNCCC(=O)OCCCCCOC(=O)CCN(CCCCCCO)CCC(=O)OCCCOC(=O)CCNCCCN2CCN(C)CC2)CC1. The number of nitrogens with zero attached hydrogens (tertiary/aromatic N) is 5. The third-order valence-electron chi connectivity index (χ3n) is 10.6. The number of rotatable bonds is 36. The lowest BCUT2D eigenvalue weighted by atomic mass is 10.2. The maximum absolute atomic E-state index is 12.5. The molecule has 2 rings (SSSR count). The Morgan fingerprint density at radius 1 is 0.466 bits per heavy atom. The summed E-state index contributed by atoms with van der Waals surface area (Å²) in [7, 11) is 4.32. The first kappa shape index (κ1) is 51.7. The number of nitrogens with one attached hydrogen (secondary N) is 2. The van der Waals surface area contributed by atoms with Crippen LogP contribution in [0.25, 0.3) is 0 Å². The van der Waals surface area contributed by atoms with E-state index >= 15 is 0 Å². The van der Waals surface area contributed by atoms with Crippen molar-refractivity contribution in [2.45, 2.75) is 89.9 Å². The van der Waals surface area contributed by atoms with E-state index in [1.807, 2.05) is 0 Å². The number of esters is 4. The molecule has 0 saturated carbocycles. The van der Waals surface area contributed by atoms with Gasteiger partial charge in [-0.15, -0.1) is 0 Å². The Hall–Kier alpha value is -2.44. The largest absolute Gasteiger partial charge is 0.466 e. The van der Waals surface area contributed by atoms with Gasteiger partial charge in [0.15, 0.2) is 0 Å². The monoisotopic (exact) mass is 828 g/mol. The minimum absolute atomic E-state index is 0.177. The fraction of sp³-hybridized carbons (Fsp3) is 0.905. The summed E-state index contributed by atoms with van der Waals surface area (Å²) in [6.07, 6.45) is 9.45. The fourth-order valence-corrected chi connectivity index (χ4v) is 6.74. The Kier molecular flexibility index (Phi) is 31.5. The lowest BCUT2D eigenvalue weighted by Crippen LogP contribution is -2.45. The van der Waals surface area contributed by atoms with E-state index in [-0.39, 0.29) is 56.5 Å². The van der Waals surface area contributed by atoms with Gasteiger partial charge in [0, 0.05) is 91.6 Å². The average molecular weight is 828 g/mol. The molecule has 0 unspecified atom stereocenters. The van der Waals surface area contributed by atoms with Gasteiger partial charge in [-0.25, -0.2) is 0 Å². The van der Waals surface area contributed by atoms with Gasteiger partial charge >= 0.3 is 23.9 Å². The van der Waals surface area contributed by atoms with E-state index in [9.17, 15) is 19.2 Å². The zero-order chi connectivity index (χ0) is 41.9. The van der Waals surface area contributed by atoms with Crippen LogP contribution < -0.4 is 10.6 Å². The Labute approximate surface area is 349 Å². The van der Waals surface area contributed by atoms with Crippen LogP contribution >= 0.6 is 0 Å². The van der Waals surface area contributed by atoms with Gasteiger partial charge < -0.3 is 59.2 Å². The molecule has 0 aliphatic carbocycles. The van der Waals surface area contributed by atoms with Crippen molar-refractivity contribution in [1.29, 1.82) is 0 Å². The second-order valence-corrected chi connectivity index (χ2v) is 15.8. The molecule has 2 fully saturated rings. The highest BCUT2D eigenvalue weighted by Gasteiger charge is 2.15. The highest BCUT2D eigenvalue weighted by molar-refractivity contribution is 5.70. The molecular formula is C42H81N7O9. The number of unbranched alkanes of at least 4 members (excludes halogenated alkanes) is 5. The highest BCUT2D eigenvalue weighted by atomic mass is 16.5. The normalized spacial score (nSPS) is 15.8. The van der Waals surface area contributed by atoms with Gasteiger partial charge in [-0.1, -0.05) is 12.8 Å². The van der Waals surface area contributed by atoms with Gasteiger partial charge in [0.2, 0.25) is 0 Å². The second kappa shape index (κ2) is 35.3. The molecule has 58 heavy (non-hydrogen) atoms. The number of carbonyl (C=O) groups excluding carboxylic acids is 4. The summed E-state index contributed by atoms with van der Waals surface area (Å²) in [5.41, 5.74) is 0. The molecule has 0 bridgehead atoms. The van der Waals surface area contributed by atoms with Crippen molar-refractivity contribution in [3.05, 3.63) is 0 Å². The molecule has 0 atom stereocenters. The lowest BCUT2D eigenvalue weighted by Gasteiger charge is -2.32. The molecule has 16 heteroatoms. The minimum Gasteiger partial charge on any atom is -0.466 e. The van der Waals surface area contributed by atoms with E-state index in [1.165, 1.54) is 0 Å². The molecule has 0 spiro atoms. The summed E-state index contributed by atoms with van der Waals surface area (Å²) in [6.45, 7) is 17.1. The summed E-state index contributed by atoms with van der Waals surface area (Å²) >= 11 is 0. The van der Waals surface area contributed by atoms with E-state index in [4.69, 9.17) is 24.1 Å². The van der Waals surface area contributed by atoms with Gasteiger partial charge in [-0.05, 0) is 91.8 Å². The van der Waals surface area contributed by atoms with Crippen LogP contribution in [0.1, 0.15) is 89.9 Å². The number of likely N-dealkylation sites (N-methyl/N-ethyl adjacent to an activating group) is 2. The molecule has 3 N–H and O–H groups in total. The van der Waals surface area contributed by atoms with Crippen LogP contribution in [0.3, 0.4) is 0 Å². The number of piperazine rings is 2. The number of hydrogen-bond donors (Lipinski definition) is 3. The van der Waals surface area contributed by atoms with Crippen LogP contribution in [0.2, 0.25) is 0 Å². The molecule has 16 nitrogen and oxygen atoms in total. The molecule has 2 aliphatic heterocycles. The molecule has 0 aromatic heterocycles. The summed E-state index contributed by atoms with van der Waals surface area (Å²) in [4.78, 5) is 60.7. The van der Waals surface area contributed by atoms with Crippen LogP contribution in [0, 0.1) is 0 Å². The Balaban J connectivity index is 1.44. The molecule has 0 aromatic rings. The van der Waals surface area contributed by atoms with Crippen LogP contribution in [0.5, 0.6) is 0 Å². The number of carbonyl (C=O) groups is 4. The molecule has 0 radical (unpaired) electrons. The first-order chi connectivity index (χ1) is 28.2. The molecule has 0 amide bonds. The quantitative estimate of drug-likeness (QED) is 0.0474. The van der Waals surface area contributed by atoms with Crippen LogP contribution in [-0.2, 0) is 38.1 Å². The van der Waals surface area contributed by atoms with Crippen molar-refractivity contribution in [3.8, 4) is 0 Å². The molecule has 2 heterocycles. The van der Waals surface area contributed by atoms with E-state index in [0.717, 1.165) is 136 Å². The maximum atomic E-state index is 12.5. The predicted octanol–water partition coefficient (Wildman–Crippen LogP) is 1.59. The number of hydrogen-bond acceptors (Lipinski definition) is 16. The van der Waals surface area contributed by atoms with Crippen molar-refractivity contribution in [1.82, 2.24) is 35.1 Å². The molecule has 338 valence electrons. The Morgan fingerprint density at radius 2 is 0.862 bits per heavy atom. The van der Waals surface area contributed by atoms with Crippen molar-refractivity contribution in [3.63, 3.8) is 0 Å². The Morgan fingerprint density at radius 3 is 1.31 bits per heavy atom. The fourth-order valence-electron chi connectivity index (χ4n) is 6.74. The molecule has 0 aromatic carbocycles. The highest BCUT2D eigenvalue weighted by Crippen LogP contribution is 2.06. The smallest absolute Gasteiger partial charge is 0.307 e. The zero-order valence-electron chi connectivity index (χ0n) is 36.4. The van der Waals surface area contributed by atoms with Gasteiger partial charge in [-0.2, -0.15) is 0 Å². The summed E-state index contributed by atoms with van der Waals surface area (Å²) in [5, 5.41) is 15.7. The summed E-state index contributed by atoms with van der Waals surface area (Å²) < 4.78 is 21.4. The van der Waals surface area contributed by atoms with Crippen LogP contribution in [-0.4, -0.2) is 212 Å². The second-order valence-electron chi connectivity index (χ2n) is 15.8. The third-order valence-corrected chi connectivity index (χ3v) is 10.6. The van der Waals surface area contributed by atoms with E-state index in [0.29, 0.717) is 65.1 Å². The molecular weight excluding hydrogens is 747 g/mol. The molecule has 2 aliphatic rings. The van der Waals surface area contributed by atoms with Crippen molar-refractivity contribution >= 4 is 23.9 Å². The summed E-state index contributed by atoms with van der Waals surface area (Å²) in [6, 6.07) is 0. The van der Waals surface area contributed by atoms with Crippen molar-refractivity contribution in [2.24, 2.45) is 0 Å². The predicted molar refractivity (Wildman–Crippen MR) is 226 cm³/mol. The van der Waals surface area contributed by atoms with E-state index < -0.39 is 0 Å². The van der Waals surface area contributed by atoms with Crippen LogP contribution in [0.15, 0.2) is 0 Å². The molecule has 2 saturated heterocycles. The topological polar surface area (TPSA) is 166 Å². The number of aliphatic hydroxyl groups is 1. The standard InChI is InChI=1S/C42H81N7O9/c1-45-26-30-48(31-27-45)22-10-17-43-19-13-39(51)55-35-8-5-9-36-56-41(53)15-24-47(21-6-3-4-7-34-50)25-16-42(54)58-38-12-37-57-40(52)14-20-44-18-11-23-49-32-28-46(2)29-33-49/h43-44,50H,3-38H2,1-2H3. The van der Waals surface area contributed by atoms with Gasteiger partial charge in [0.05, 0.1) is 52.1 Å². The van der Waals surface area contributed by atoms with Crippen LogP contribution in [0.4, 0.5) is 0 Å². The first-order valence-corrected chi connectivity index (χ1v) is 22.4.